The predicted molar refractivity (Wildman–Crippen MR) is 609 cm³/mol. The molecule has 0 aliphatic carbocycles. The number of para-hydroxylation sites is 2. The van der Waals surface area contributed by atoms with Crippen LogP contribution in [0.25, 0.3) is 289 Å². The molecule has 0 aliphatic rings. The van der Waals surface area contributed by atoms with Crippen LogP contribution in [0.15, 0.2) is 528 Å². The molecule has 0 unspecified atom stereocenters. The van der Waals surface area contributed by atoms with Crippen LogP contribution >= 0.6 is 0 Å². The SMILES string of the molecule is c1ccc2c(c1)ccc1c3cc(-c4ccc(-n5c6ccccc6c6ccccc65)cc4)ccc3ccc21.c1ccc2cc(-c3cc(-c4ccc5ccccc5c4)cc(-c4cc5c6ccccc6c6c7ccccc7ccc6c5c5ccccc45)c3)ccc2c1.c1ccc2cc(-c3cc(-c4ccc5ccccc5c4)cc(-c4cc5c6ccccc6c6cc7ccccc7cc6c5c5ccccc45)c3)ccc2c1. The quantitative estimate of drug-likeness (QED) is 0.106. The van der Waals surface area contributed by atoms with Crippen LogP contribution in [0.1, 0.15) is 0 Å². The molecule has 652 valence electrons. The van der Waals surface area contributed by atoms with Crippen LogP contribution in [0.5, 0.6) is 0 Å². The summed E-state index contributed by atoms with van der Waals surface area (Å²) in [5, 5.41) is 46.2. The lowest BCUT2D eigenvalue weighted by molar-refractivity contribution is 1.18. The Hall–Kier alpha value is -18.4. The van der Waals surface area contributed by atoms with E-state index in [-0.39, 0.29) is 0 Å². The topological polar surface area (TPSA) is 4.93 Å². The zero-order chi connectivity index (χ0) is 92.7. The maximum atomic E-state index is 2.47. The van der Waals surface area contributed by atoms with Crippen LogP contribution < -0.4 is 0 Å². The zero-order valence-corrected chi connectivity index (χ0v) is 77.2. The summed E-state index contributed by atoms with van der Waals surface area (Å²) in [6.45, 7) is 0. The lowest BCUT2D eigenvalue weighted by Crippen LogP contribution is -1.93. The highest BCUT2D eigenvalue weighted by molar-refractivity contribution is 6.38. The third-order valence-electron chi connectivity index (χ3n) is 30.0. The maximum Gasteiger partial charge on any atom is 0.0541 e. The van der Waals surface area contributed by atoms with Gasteiger partial charge in [0.1, 0.15) is 0 Å². The van der Waals surface area contributed by atoms with Crippen LogP contribution in [-0.2, 0) is 0 Å². The van der Waals surface area contributed by atoms with Crippen molar-refractivity contribution < 1.29 is 0 Å². The fourth-order valence-electron chi connectivity index (χ4n) is 23.3. The molecule has 1 nitrogen and oxygen atoms in total. The van der Waals surface area contributed by atoms with E-state index in [2.05, 4.69) is 532 Å². The molecule has 30 rings (SSSR count). The van der Waals surface area contributed by atoms with Crippen LogP contribution in [0, 0.1) is 0 Å². The van der Waals surface area contributed by atoms with E-state index in [4.69, 9.17) is 0 Å². The summed E-state index contributed by atoms with van der Waals surface area (Å²) in [5.41, 5.74) is 20.8. The summed E-state index contributed by atoms with van der Waals surface area (Å²) in [5.74, 6) is 0. The Kier molecular flexibility index (Phi) is 19.1. The van der Waals surface area contributed by atoms with E-state index in [0.29, 0.717) is 0 Å². The number of hydrogen-bond acceptors (Lipinski definition) is 0. The first-order valence-corrected chi connectivity index (χ1v) is 48.9. The molecule has 0 radical (unpaired) electrons. The van der Waals surface area contributed by atoms with Gasteiger partial charge >= 0.3 is 0 Å². The minimum absolute atomic E-state index is 1.18. The fraction of sp³-hybridized carbons (Fsp3) is 0. The Bertz CT molecular complexity index is 9930. The Labute approximate surface area is 814 Å². The average molecular weight is 1780 g/mol. The third-order valence-corrected chi connectivity index (χ3v) is 30.0. The van der Waals surface area contributed by atoms with Crippen LogP contribution in [0.4, 0.5) is 0 Å². The van der Waals surface area contributed by atoms with Crippen molar-refractivity contribution in [2.45, 2.75) is 0 Å². The number of hydrogen-bond donors (Lipinski definition) is 0. The van der Waals surface area contributed by atoms with Gasteiger partial charge in [-0.05, 0) is 376 Å². The molecule has 0 N–H and O–H groups in total. The molecule has 1 heteroatoms. The summed E-state index contributed by atoms with van der Waals surface area (Å²) >= 11 is 0. The first-order valence-electron chi connectivity index (χ1n) is 48.9. The number of benzene rings is 29. The zero-order valence-electron chi connectivity index (χ0n) is 77.2. The second-order valence-corrected chi connectivity index (χ2v) is 38.0. The Morgan fingerprint density at radius 3 is 0.787 bits per heavy atom. The second kappa shape index (κ2) is 33.3. The molecule has 1 heterocycles. The molecule has 0 bridgehead atoms. The molecule has 0 spiro atoms. The molecular formula is C140H87N. The van der Waals surface area contributed by atoms with Crippen LogP contribution in [0.2, 0.25) is 0 Å². The van der Waals surface area contributed by atoms with Crippen molar-refractivity contribution in [1.82, 2.24) is 4.57 Å². The van der Waals surface area contributed by atoms with Crippen molar-refractivity contribution in [2.75, 3.05) is 0 Å². The van der Waals surface area contributed by atoms with E-state index >= 15 is 0 Å². The van der Waals surface area contributed by atoms with Gasteiger partial charge < -0.3 is 4.57 Å². The molecule has 0 saturated carbocycles. The fourth-order valence-corrected chi connectivity index (χ4v) is 23.3. The van der Waals surface area contributed by atoms with Gasteiger partial charge in [-0.3, -0.25) is 0 Å². The molecule has 0 amide bonds. The highest BCUT2D eigenvalue weighted by Crippen LogP contribution is 2.50. The highest BCUT2D eigenvalue weighted by Gasteiger charge is 2.23. The van der Waals surface area contributed by atoms with Crippen LogP contribution in [-0.4, -0.2) is 4.57 Å². The summed E-state index contributed by atoms with van der Waals surface area (Å²) in [7, 11) is 0. The van der Waals surface area contributed by atoms with Gasteiger partial charge in [0.05, 0.1) is 11.0 Å². The van der Waals surface area contributed by atoms with Crippen LogP contribution in [0.3, 0.4) is 0 Å². The third kappa shape index (κ3) is 13.8. The van der Waals surface area contributed by atoms with Gasteiger partial charge in [0, 0.05) is 16.5 Å². The number of fused-ring (bicyclic) bond motifs is 31. The average Bonchev–Trinajstić information content (AvgIpc) is 1.35. The van der Waals surface area contributed by atoms with Crippen molar-refractivity contribution >= 4 is 205 Å². The van der Waals surface area contributed by atoms with Gasteiger partial charge in [-0.2, -0.15) is 0 Å². The minimum Gasteiger partial charge on any atom is -0.309 e. The van der Waals surface area contributed by atoms with E-state index in [1.807, 2.05) is 0 Å². The normalized spacial score (nSPS) is 11.8. The number of aromatic nitrogens is 1. The standard InChI is InChI=1S/2C52H32.C36H23N/c1-3-14-36-27-38(23-21-33(36)11-1)40-29-41(39-24-22-34-12-2-4-15-37(34)28-39)31-42(30-40)49-32-50-45-18-8-10-20-47(45)51-43-16-6-5-13-35(43)25-26-48(51)52(50)46-19-9-7-17-44(46)49;1-3-13-35-25-39(23-21-33(35)11-1)41-27-42(40-24-22-34-12-2-4-14-36(34)26-40)29-43(28-41)48-32-51-45-18-8-7-17-44(45)49-30-37-15-5-6-16-38(37)31-50(49)52(51)47-20-10-9-19-46(47)48;1-2-8-29-25(7-1)17-22-31-30(29)21-18-26-13-14-27(23-34(26)31)24-15-19-28(20-16-24)37-35-11-5-3-9-32(35)33-10-4-6-12-36(33)37/h2*1-32H;1-23H. The monoisotopic (exact) mass is 1780 g/mol. The molecule has 141 heavy (non-hydrogen) atoms. The van der Waals surface area contributed by atoms with Crippen molar-refractivity contribution in [3.05, 3.63) is 528 Å². The maximum absolute atomic E-state index is 2.47. The van der Waals surface area contributed by atoms with E-state index in [1.54, 1.807) is 0 Å². The van der Waals surface area contributed by atoms with Gasteiger partial charge in [-0.1, -0.05) is 413 Å². The number of rotatable bonds is 8. The largest absolute Gasteiger partial charge is 0.309 e. The molecule has 1 aromatic heterocycles. The first-order chi connectivity index (χ1) is 69.9. The summed E-state index contributed by atoms with van der Waals surface area (Å²) in [6, 6.07) is 195. The molecule has 0 aliphatic heterocycles. The van der Waals surface area contributed by atoms with E-state index in [9.17, 15) is 0 Å². The Balaban J connectivity index is 0.000000105. The van der Waals surface area contributed by atoms with E-state index in [1.165, 1.54) is 289 Å². The van der Waals surface area contributed by atoms with Gasteiger partial charge in [-0.25, -0.2) is 0 Å². The summed E-state index contributed by atoms with van der Waals surface area (Å²) in [4.78, 5) is 0. The summed E-state index contributed by atoms with van der Waals surface area (Å²) in [6.07, 6.45) is 0. The van der Waals surface area contributed by atoms with Crippen molar-refractivity contribution in [1.29, 1.82) is 0 Å². The lowest BCUT2D eigenvalue weighted by atomic mass is 9.85. The van der Waals surface area contributed by atoms with E-state index < -0.39 is 0 Å². The molecular weight excluding hydrogens is 1700 g/mol. The van der Waals surface area contributed by atoms with Gasteiger partial charge in [0.2, 0.25) is 0 Å². The van der Waals surface area contributed by atoms with Gasteiger partial charge in [0.15, 0.2) is 0 Å². The first kappa shape index (κ1) is 81.0. The molecule has 0 fully saturated rings. The lowest BCUT2D eigenvalue weighted by Gasteiger charge is -2.18. The van der Waals surface area contributed by atoms with Gasteiger partial charge in [-0.15, -0.1) is 0 Å². The van der Waals surface area contributed by atoms with Gasteiger partial charge in [0.25, 0.3) is 0 Å². The molecule has 30 aromatic rings. The number of nitrogens with zero attached hydrogens (tertiary/aromatic N) is 1. The minimum atomic E-state index is 1.18. The predicted octanol–water partition coefficient (Wildman–Crippen LogP) is 39.4. The molecule has 0 saturated heterocycles. The Morgan fingerprint density at radius 2 is 0.348 bits per heavy atom. The second-order valence-electron chi connectivity index (χ2n) is 38.0. The summed E-state index contributed by atoms with van der Waals surface area (Å²) < 4.78 is 2.37. The highest BCUT2D eigenvalue weighted by atomic mass is 15.0. The van der Waals surface area contributed by atoms with Crippen molar-refractivity contribution in [2.24, 2.45) is 0 Å². The smallest absolute Gasteiger partial charge is 0.0541 e. The molecule has 0 atom stereocenters. The Morgan fingerprint density at radius 1 is 0.0993 bits per heavy atom. The van der Waals surface area contributed by atoms with Crippen molar-refractivity contribution in [3.63, 3.8) is 0 Å². The molecule has 29 aromatic carbocycles. The van der Waals surface area contributed by atoms with Crippen molar-refractivity contribution in [3.8, 4) is 83.6 Å². The van der Waals surface area contributed by atoms with E-state index in [0.717, 1.165) is 0 Å².